The van der Waals surface area contributed by atoms with E-state index < -0.39 is 22.4 Å². The summed E-state index contributed by atoms with van der Waals surface area (Å²) in [6.45, 7) is 6.75. The van der Waals surface area contributed by atoms with Crippen molar-refractivity contribution in [1.29, 1.82) is 0 Å². The van der Waals surface area contributed by atoms with Gasteiger partial charge in [-0.3, -0.25) is 13.8 Å². The summed E-state index contributed by atoms with van der Waals surface area (Å²) in [4.78, 5) is 26.8. The number of carbonyl (C=O) groups excluding carboxylic acids is 2. The molecule has 0 unspecified atom stereocenters. The summed E-state index contributed by atoms with van der Waals surface area (Å²) < 4.78 is 30.3. The molecule has 0 aliphatic carbocycles. The first-order valence-corrected chi connectivity index (χ1v) is 13.7. The molecule has 6 atom stereocenters. The highest BCUT2D eigenvalue weighted by Gasteiger charge is 2.52. The number of hydrogen-bond acceptors (Lipinski definition) is 6. The van der Waals surface area contributed by atoms with Gasteiger partial charge in [-0.25, -0.2) is 0 Å². The van der Waals surface area contributed by atoms with Crippen molar-refractivity contribution >= 4 is 22.6 Å². The van der Waals surface area contributed by atoms with Crippen molar-refractivity contribution in [3.63, 3.8) is 0 Å². The lowest BCUT2D eigenvalue weighted by atomic mass is 9.70. The minimum atomic E-state index is -1.03. The normalized spacial score (nSPS) is 28.9. The maximum atomic E-state index is 13.3. The summed E-state index contributed by atoms with van der Waals surface area (Å²) in [5.74, 6) is 1.81. The van der Waals surface area contributed by atoms with Crippen LogP contribution in [0, 0.1) is 11.8 Å². The molecule has 188 valence electrons. The topological polar surface area (TPSA) is 94.2 Å². The Hall–Kier alpha value is -2.13. The molecule has 1 N–H and O–H groups in total. The fourth-order valence-corrected chi connectivity index (χ4v) is 6.23. The molecule has 0 aromatic heterocycles. The number of carbonyl (C=O) groups is 2. The Bertz CT molecular complexity index is 967. The Labute approximate surface area is 204 Å². The van der Waals surface area contributed by atoms with Crippen LogP contribution in [0.1, 0.15) is 51.7 Å². The van der Waals surface area contributed by atoms with Crippen LogP contribution in [0.3, 0.4) is 0 Å². The van der Waals surface area contributed by atoms with Crippen LogP contribution in [-0.2, 0) is 25.1 Å². The Balaban J connectivity index is 1.51. The van der Waals surface area contributed by atoms with Crippen molar-refractivity contribution in [2.75, 3.05) is 32.2 Å². The smallest absolute Gasteiger partial charge is 0.245 e. The van der Waals surface area contributed by atoms with E-state index in [4.69, 9.17) is 14.2 Å². The van der Waals surface area contributed by atoms with Gasteiger partial charge in [0.15, 0.2) is 11.5 Å². The number of likely N-dealkylation sites (tertiary alicyclic amines) is 1. The van der Waals surface area contributed by atoms with Crippen molar-refractivity contribution in [3.8, 4) is 11.5 Å². The van der Waals surface area contributed by atoms with E-state index in [0.717, 1.165) is 24.2 Å². The van der Waals surface area contributed by atoms with Gasteiger partial charge in [0.25, 0.3) is 0 Å². The molecule has 1 aromatic carbocycles. The zero-order chi connectivity index (χ0) is 24.6. The summed E-state index contributed by atoms with van der Waals surface area (Å²) in [6, 6.07) is 5.28. The molecule has 0 bridgehead atoms. The standard InChI is InChI=1S/C25H36N2O6S/c1-15(28)26-19(10-12-34(5)30)24(29)27-11-9-20-16(14-27)13-18-22(32-20)17-7-6-8-21(31-4)23(17)33-25(18,2)3/h6-8,16,18-20,22H,9-14H2,1-5H3,(H,26,28)/t16-,18+,19-,20+,22-,34-/m0/s1. The summed E-state index contributed by atoms with van der Waals surface area (Å²) in [6.07, 6.45) is 3.58. The second-order valence-electron chi connectivity index (χ2n) is 10.2. The predicted molar refractivity (Wildman–Crippen MR) is 129 cm³/mol. The molecule has 0 spiro atoms. The van der Waals surface area contributed by atoms with E-state index in [-0.39, 0.29) is 35.9 Å². The van der Waals surface area contributed by atoms with Crippen LogP contribution in [0.4, 0.5) is 0 Å². The first-order chi connectivity index (χ1) is 16.1. The summed E-state index contributed by atoms with van der Waals surface area (Å²) in [5, 5.41) is 2.76. The molecule has 3 aliphatic rings. The number of rotatable bonds is 6. The Morgan fingerprint density at radius 3 is 2.79 bits per heavy atom. The summed E-state index contributed by atoms with van der Waals surface area (Å²) in [7, 11) is 0.620. The van der Waals surface area contributed by atoms with Crippen LogP contribution in [0.25, 0.3) is 0 Å². The van der Waals surface area contributed by atoms with Crippen molar-refractivity contribution < 1.29 is 28.0 Å². The molecule has 0 saturated carbocycles. The Morgan fingerprint density at radius 1 is 1.35 bits per heavy atom. The number of benzene rings is 1. The lowest BCUT2D eigenvalue weighted by Crippen LogP contribution is -2.58. The molecule has 4 rings (SSSR count). The number of nitrogens with one attached hydrogen (secondary N) is 1. The van der Waals surface area contributed by atoms with Crippen molar-refractivity contribution in [3.05, 3.63) is 23.8 Å². The second kappa shape index (κ2) is 9.85. The maximum absolute atomic E-state index is 13.3. The molecule has 2 saturated heterocycles. The maximum Gasteiger partial charge on any atom is 0.245 e. The van der Waals surface area contributed by atoms with Crippen molar-refractivity contribution in [2.24, 2.45) is 11.8 Å². The average molecular weight is 493 g/mol. The highest BCUT2D eigenvalue weighted by Crippen LogP contribution is 2.55. The van der Waals surface area contributed by atoms with E-state index in [0.29, 0.717) is 31.0 Å². The number of hydrogen-bond donors (Lipinski definition) is 1. The second-order valence-corrected chi connectivity index (χ2v) is 11.7. The lowest BCUT2D eigenvalue weighted by molar-refractivity contribution is -0.189. The van der Waals surface area contributed by atoms with Gasteiger partial charge in [0.05, 0.1) is 19.3 Å². The lowest BCUT2D eigenvalue weighted by Gasteiger charge is -2.53. The number of para-hydroxylation sites is 1. The molecule has 9 heteroatoms. The van der Waals surface area contributed by atoms with E-state index in [1.165, 1.54) is 6.92 Å². The van der Waals surface area contributed by atoms with Crippen LogP contribution in [0.15, 0.2) is 18.2 Å². The van der Waals surface area contributed by atoms with Gasteiger partial charge in [-0.05, 0) is 39.2 Å². The van der Waals surface area contributed by atoms with E-state index in [9.17, 15) is 13.8 Å². The van der Waals surface area contributed by atoms with Gasteiger partial charge in [0, 0.05) is 60.2 Å². The number of nitrogens with zero attached hydrogens (tertiary/aromatic N) is 1. The van der Waals surface area contributed by atoms with Crippen LogP contribution in [-0.4, -0.2) is 70.9 Å². The number of methoxy groups -OCH3 is 1. The number of amides is 2. The first-order valence-electron chi connectivity index (χ1n) is 12.0. The average Bonchev–Trinajstić information content (AvgIpc) is 2.79. The monoisotopic (exact) mass is 492 g/mol. The van der Waals surface area contributed by atoms with Crippen molar-refractivity contribution in [2.45, 2.75) is 63.9 Å². The molecule has 8 nitrogen and oxygen atoms in total. The zero-order valence-corrected chi connectivity index (χ0v) is 21.5. The largest absolute Gasteiger partial charge is 0.493 e. The van der Waals surface area contributed by atoms with Gasteiger partial charge in [-0.15, -0.1) is 0 Å². The molecule has 0 radical (unpaired) electrons. The van der Waals surface area contributed by atoms with Crippen LogP contribution >= 0.6 is 0 Å². The van der Waals surface area contributed by atoms with E-state index in [2.05, 4.69) is 25.2 Å². The molecule has 34 heavy (non-hydrogen) atoms. The Kier molecular flexibility index (Phi) is 7.24. The van der Waals surface area contributed by atoms with Gasteiger partial charge in [0.1, 0.15) is 11.6 Å². The number of piperidine rings is 1. The fraction of sp³-hybridized carbons (Fsp3) is 0.680. The minimum absolute atomic E-state index is 0.0561. The van der Waals surface area contributed by atoms with Crippen LogP contribution < -0.4 is 14.8 Å². The number of ether oxygens (including phenoxy) is 3. The predicted octanol–water partition coefficient (Wildman–Crippen LogP) is 2.43. The third kappa shape index (κ3) is 4.96. The van der Waals surface area contributed by atoms with E-state index in [1.54, 1.807) is 13.4 Å². The molecule has 2 fully saturated rings. The Morgan fingerprint density at radius 2 is 2.12 bits per heavy atom. The van der Waals surface area contributed by atoms with Gasteiger partial charge in [0.2, 0.25) is 11.8 Å². The quantitative estimate of drug-likeness (QED) is 0.656. The van der Waals surface area contributed by atoms with Gasteiger partial charge < -0.3 is 24.4 Å². The van der Waals surface area contributed by atoms with Crippen molar-refractivity contribution in [1.82, 2.24) is 10.2 Å². The SMILES string of the molecule is COc1cccc2c1OC(C)(C)[C@@H]1C[C@H]3CN(C(=O)[C@H](CC[S@](C)=O)NC(C)=O)CC[C@H]3O[C@@H]21. The highest BCUT2D eigenvalue weighted by atomic mass is 32.2. The number of fused-ring (bicyclic) bond motifs is 4. The molecule has 3 aliphatic heterocycles. The summed E-state index contributed by atoms with van der Waals surface area (Å²) >= 11 is 0. The molecule has 3 heterocycles. The summed E-state index contributed by atoms with van der Waals surface area (Å²) in [5.41, 5.74) is 0.576. The van der Waals surface area contributed by atoms with Crippen LogP contribution in [0.2, 0.25) is 0 Å². The van der Waals surface area contributed by atoms with Gasteiger partial charge in [-0.1, -0.05) is 12.1 Å². The third-order valence-corrected chi connectivity index (χ3v) is 8.19. The first kappa shape index (κ1) is 25.0. The fourth-order valence-electron chi connectivity index (χ4n) is 5.66. The van der Waals surface area contributed by atoms with E-state index >= 15 is 0 Å². The molecule has 1 aromatic rings. The van der Waals surface area contributed by atoms with Crippen LogP contribution in [0.5, 0.6) is 11.5 Å². The third-order valence-electron chi connectivity index (χ3n) is 7.38. The molecular formula is C25H36N2O6S. The minimum Gasteiger partial charge on any atom is -0.493 e. The highest BCUT2D eigenvalue weighted by molar-refractivity contribution is 7.84. The molecule has 2 amide bonds. The van der Waals surface area contributed by atoms with Gasteiger partial charge in [-0.2, -0.15) is 0 Å². The zero-order valence-electron chi connectivity index (χ0n) is 20.7. The van der Waals surface area contributed by atoms with E-state index in [1.807, 2.05) is 17.0 Å². The van der Waals surface area contributed by atoms with Gasteiger partial charge >= 0.3 is 0 Å². The molecular weight excluding hydrogens is 456 g/mol.